The number of unbranched alkanes of at least 4 members (excludes halogenated alkanes) is 1. The number of pyridine rings is 1. The molecule has 1 amide bonds. The van der Waals surface area contributed by atoms with Crippen molar-refractivity contribution < 1.29 is 19.4 Å². The van der Waals surface area contributed by atoms with Gasteiger partial charge < -0.3 is 15.2 Å². The summed E-state index contributed by atoms with van der Waals surface area (Å²) >= 11 is 0. The number of amides is 1. The third-order valence-corrected chi connectivity index (χ3v) is 2.23. The first kappa shape index (κ1) is 14.0. The van der Waals surface area contributed by atoms with Gasteiger partial charge >= 0.3 is 5.97 Å². The van der Waals surface area contributed by atoms with Gasteiger partial charge in [0.15, 0.2) is 12.4 Å². The Hall–Kier alpha value is -2.11. The Morgan fingerprint density at radius 3 is 2.94 bits per heavy atom. The number of aromatic nitrogens is 1. The highest BCUT2D eigenvalue weighted by atomic mass is 16.5. The first-order chi connectivity index (χ1) is 8.65. The van der Waals surface area contributed by atoms with Gasteiger partial charge in [-0.2, -0.15) is 0 Å². The van der Waals surface area contributed by atoms with E-state index in [1.165, 1.54) is 18.5 Å². The van der Waals surface area contributed by atoms with Crippen LogP contribution >= 0.6 is 0 Å². The Kier molecular flexibility index (Phi) is 5.63. The number of ether oxygens (including phenoxy) is 1. The predicted molar refractivity (Wildman–Crippen MR) is 64.6 cm³/mol. The van der Waals surface area contributed by atoms with E-state index in [9.17, 15) is 9.59 Å². The Balaban J connectivity index is 2.48. The molecule has 0 radical (unpaired) electrons. The summed E-state index contributed by atoms with van der Waals surface area (Å²) in [6, 6.07) is 1.33. The largest absolute Gasteiger partial charge is 0.481 e. The van der Waals surface area contributed by atoms with E-state index in [4.69, 9.17) is 9.84 Å². The van der Waals surface area contributed by atoms with Crippen LogP contribution in [0.25, 0.3) is 0 Å². The van der Waals surface area contributed by atoms with E-state index in [0.29, 0.717) is 6.54 Å². The maximum atomic E-state index is 11.4. The van der Waals surface area contributed by atoms with Crippen molar-refractivity contribution in [3.63, 3.8) is 0 Å². The van der Waals surface area contributed by atoms with Crippen molar-refractivity contribution in [2.75, 3.05) is 13.2 Å². The van der Waals surface area contributed by atoms with Gasteiger partial charge in [-0.25, -0.2) is 4.79 Å². The minimum atomic E-state index is -1.11. The molecular weight excluding hydrogens is 236 g/mol. The fraction of sp³-hybridized carbons (Fsp3) is 0.417. The highest BCUT2D eigenvalue weighted by molar-refractivity contribution is 5.90. The number of nitrogens with zero attached hydrogens (tertiary/aromatic N) is 1. The monoisotopic (exact) mass is 252 g/mol. The van der Waals surface area contributed by atoms with Crippen LogP contribution in [-0.2, 0) is 4.79 Å². The summed E-state index contributed by atoms with van der Waals surface area (Å²) in [6.07, 6.45) is 4.53. The van der Waals surface area contributed by atoms with E-state index >= 15 is 0 Å². The molecule has 0 spiro atoms. The maximum absolute atomic E-state index is 11.4. The second-order valence-corrected chi connectivity index (χ2v) is 3.67. The average Bonchev–Trinajstić information content (AvgIpc) is 2.37. The number of aromatic carboxylic acids is 1. The summed E-state index contributed by atoms with van der Waals surface area (Å²) in [7, 11) is 0. The summed E-state index contributed by atoms with van der Waals surface area (Å²) < 4.78 is 5.14. The van der Waals surface area contributed by atoms with Gasteiger partial charge in [-0.15, -0.1) is 0 Å². The number of carbonyl (C=O) groups is 2. The lowest BCUT2D eigenvalue weighted by molar-refractivity contribution is -0.123. The predicted octanol–water partition coefficient (Wildman–Crippen LogP) is 1.07. The number of carbonyl (C=O) groups excluding carboxylic acids is 1. The summed E-state index contributed by atoms with van der Waals surface area (Å²) in [5, 5.41) is 11.6. The van der Waals surface area contributed by atoms with Crippen LogP contribution in [0.5, 0.6) is 5.75 Å². The highest BCUT2D eigenvalue weighted by Gasteiger charge is 2.12. The van der Waals surface area contributed by atoms with Crippen molar-refractivity contribution in [2.45, 2.75) is 19.8 Å². The van der Waals surface area contributed by atoms with Gasteiger partial charge in [0.05, 0.1) is 6.20 Å². The molecule has 98 valence electrons. The van der Waals surface area contributed by atoms with Gasteiger partial charge in [-0.1, -0.05) is 13.3 Å². The zero-order chi connectivity index (χ0) is 13.4. The fourth-order valence-electron chi connectivity index (χ4n) is 1.27. The third kappa shape index (κ3) is 4.40. The summed E-state index contributed by atoms with van der Waals surface area (Å²) in [5.74, 6) is -1.29. The summed E-state index contributed by atoms with van der Waals surface area (Å²) in [5.41, 5.74) is -0.00800. The zero-order valence-electron chi connectivity index (χ0n) is 10.2. The number of rotatable bonds is 7. The molecule has 0 aliphatic rings. The summed E-state index contributed by atoms with van der Waals surface area (Å²) in [6.45, 7) is 2.41. The molecule has 2 N–H and O–H groups in total. The molecule has 0 unspecified atom stereocenters. The molecule has 1 aromatic heterocycles. The van der Waals surface area contributed by atoms with Crippen LogP contribution in [0, 0.1) is 0 Å². The number of nitrogens with one attached hydrogen (secondary N) is 1. The van der Waals surface area contributed by atoms with Gasteiger partial charge in [0.25, 0.3) is 5.91 Å². The quantitative estimate of drug-likeness (QED) is 0.709. The Bertz CT molecular complexity index is 420. The number of hydrogen-bond donors (Lipinski definition) is 2. The van der Waals surface area contributed by atoms with E-state index in [1.807, 2.05) is 6.92 Å². The van der Waals surface area contributed by atoms with Gasteiger partial charge in [-0.05, 0) is 12.5 Å². The van der Waals surface area contributed by atoms with Crippen molar-refractivity contribution in [1.29, 1.82) is 0 Å². The van der Waals surface area contributed by atoms with Crippen LogP contribution in [0.15, 0.2) is 18.5 Å². The van der Waals surface area contributed by atoms with Gasteiger partial charge in [0.2, 0.25) is 0 Å². The number of carboxylic acids is 1. The molecule has 0 saturated heterocycles. The zero-order valence-corrected chi connectivity index (χ0v) is 10.2. The first-order valence-electron chi connectivity index (χ1n) is 5.72. The molecule has 1 heterocycles. The molecule has 0 atom stereocenters. The molecule has 0 bridgehead atoms. The lowest BCUT2D eigenvalue weighted by Crippen LogP contribution is -2.29. The van der Waals surface area contributed by atoms with Crippen molar-refractivity contribution in [3.05, 3.63) is 24.0 Å². The molecule has 18 heavy (non-hydrogen) atoms. The minimum Gasteiger partial charge on any atom is -0.481 e. The normalized spacial score (nSPS) is 9.83. The van der Waals surface area contributed by atoms with E-state index in [0.717, 1.165) is 12.8 Å². The highest BCUT2D eigenvalue weighted by Crippen LogP contribution is 2.15. The Morgan fingerprint density at radius 2 is 2.28 bits per heavy atom. The Labute approximate surface area is 105 Å². The van der Waals surface area contributed by atoms with E-state index in [1.54, 1.807) is 0 Å². The fourth-order valence-corrected chi connectivity index (χ4v) is 1.27. The second kappa shape index (κ2) is 7.26. The Morgan fingerprint density at radius 1 is 1.50 bits per heavy atom. The van der Waals surface area contributed by atoms with E-state index < -0.39 is 5.97 Å². The standard InChI is InChI=1S/C12H16N2O4/c1-2-3-5-14-11(15)8-18-10-7-13-6-4-9(10)12(16)17/h4,6-7H,2-3,5,8H2,1H3,(H,14,15)(H,16,17). The summed E-state index contributed by atoms with van der Waals surface area (Å²) in [4.78, 5) is 26.0. The van der Waals surface area contributed by atoms with Crippen LogP contribution in [0.3, 0.4) is 0 Å². The van der Waals surface area contributed by atoms with Crippen LogP contribution < -0.4 is 10.1 Å². The van der Waals surface area contributed by atoms with Crippen molar-refractivity contribution >= 4 is 11.9 Å². The van der Waals surface area contributed by atoms with Crippen molar-refractivity contribution in [3.8, 4) is 5.75 Å². The van der Waals surface area contributed by atoms with Crippen LogP contribution in [0.1, 0.15) is 30.1 Å². The molecule has 6 heteroatoms. The first-order valence-corrected chi connectivity index (χ1v) is 5.72. The molecule has 1 rings (SSSR count). The van der Waals surface area contributed by atoms with Gasteiger partial charge in [0, 0.05) is 12.7 Å². The lowest BCUT2D eigenvalue weighted by atomic mass is 10.2. The van der Waals surface area contributed by atoms with Crippen LogP contribution in [0.2, 0.25) is 0 Å². The molecule has 0 fully saturated rings. The smallest absolute Gasteiger partial charge is 0.339 e. The van der Waals surface area contributed by atoms with E-state index in [-0.39, 0.29) is 23.8 Å². The second-order valence-electron chi connectivity index (χ2n) is 3.67. The third-order valence-electron chi connectivity index (χ3n) is 2.23. The molecule has 0 aliphatic heterocycles. The van der Waals surface area contributed by atoms with Gasteiger partial charge in [-0.3, -0.25) is 9.78 Å². The molecule has 0 aliphatic carbocycles. The molecule has 0 aromatic carbocycles. The van der Waals surface area contributed by atoms with Crippen LogP contribution in [-0.4, -0.2) is 35.1 Å². The maximum Gasteiger partial charge on any atom is 0.339 e. The van der Waals surface area contributed by atoms with E-state index in [2.05, 4.69) is 10.3 Å². The topological polar surface area (TPSA) is 88.5 Å². The number of hydrogen-bond acceptors (Lipinski definition) is 4. The molecule has 1 aromatic rings. The number of carboxylic acid groups (broad SMARTS) is 1. The molecule has 0 saturated carbocycles. The minimum absolute atomic E-state index is 0.00800. The molecule has 6 nitrogen and oxygen atoms in total. The average molecular weight is 252 g/mol. The van der Waals surface area contributed by atoms with Crippen molar-refractivity contribution in [1.82, 2.24) is 10.3 Å². The molecular formula is C12H16N2O4. The van der Waals surface area contributed by atoms with Gasteiger partial charge in [0.1, 0.15) is 5.56 Å². The van der Waals surface area contributed by atoms with Crippen molar-refractivity contribution in [2.24, 2.45) is 0 Å². The van der Waals surface area contributed by atoms with Crippen LogP contribution in [0.4, 0.5) is 0 Å². The SMILES string of the molecule is CCCCNC(=O)COc1cnccc1C(=O)O. The lowest BCUT2D eigenvalue weighted by Gasteiger charge is -2.08.